The van der Waals surface area contributed by atoms with Gasteiger partial charge in [-0.15, -0.1) is 6.58 Å². The zero-order chi connectivity index (χ0) is 9.02. The van der Waals surface area contributed by atoms with Crippen molar-refractivity contribution in [2.75, 3.05) is 0 Å². The average molecular weight is 155 g/mol. The molecule has 0 heterocycles. The molecule has 0 unspecified atom stereocenters. The Kier molecular flexibility index (Phi) is 4.43. The van der Waals surface area contributed by atoms with Crippen molar-refractivity contribution in [1.82, 2.24) is 4.90 Å². The average Bonchev–Trinajstić information content (AvgIpc) is 1.85. The zero-order valence-electron chi connectivity index (χ0n) is 8.46. The van der Waals surface area contributed by atoms with Gasteiger partial charge >= 0.3 is 0 Å². The standard InChI is InChI=1S/C10H21N/c1-7-10(6)11(8(2)3)9(4)5/h7-10H,1H2,2-6H3/t10-/m0/s1. The van der Waals surface area contributed by atoms with Crippen molar-refractivity contribution in [1.29, 1.82) is 0 Å². The molecule has 0 bridgehead atoms. The Morgan fingerprint density at radius 3 is 1.45 bits per heavy atom. The first kappa shape index (κ1) is 10.7. The van der Waals surface area contributed by atoms with Gasteiger partial charge in [0.2, 0.25) is 0 Å². The van der Waals surface area contributed by atoms with Crippen molar-refractivity contribution in [3.63, 3.8) is 0 Å². The lowest BCUT2D eigenvalue weighted by atomic mass is 10.1. The highest BCUT2D eigenvalue weighted by Crippen LogP contribution is 2.10. The van der Waals surface area contributed by atoms with Crippen molar-refractivity contribution in [2.45, 2.75) is 52.7 Å². The van der Waals surface area contributed by atoms with Gasteiger partial charge in [-0.05, 0) is 34.6 Å². The van der Waals surface area contributed by atoms with Crippen LogP contribution in [0.2, 0.25) is 0 Å². The number of rotatable bonds is 4. The van der Waals surface area contributed by atoms with Crippen molar-refractivity contribution >= 4 is 0 Å². The highest BCUT2D eigenvalue weighted by molar-refractivity contribution is 4.87. The van der Waals surface area contributed by atoms with E-state index in [2.05, 4.69) is 46.1 Å². The van der Waals surface area contributed by atoms with Gasteiger partial charge in [0.15, 0.2) is 0 Å². The Labute approximate surface area is 71.1 Å². The summed E-state index contributed by atoms with van der Waals surface area (Å²) in [6.45, 7) is 14.9. The van der Waals surface area contributed by atoms with Crippen LogP contribution in [0.5, 0.6) is 0 Å². The molecule has 0 aromatic rings. The number of nitrogens with zero attached hydrogens (tertiary/aromatic N) is 1. The SMILES string of the molecule is C=C[C@H](C)N(C(C)C)C(C)C. The predicted molar refractivity (Wildman–Crippen MR) is 51.8 cm³/mol. The van der Waals surface area contributed by atoms with E-state index in [1.54, 1.807) is 0 Å². The number of hydrogen-bond donors (Lipinski definition) is 0. The first-order valence-electron chi connectivity index (χ1n) is 4.40. The third-order valence-corrected chi connectivity index (χ3v) is 2.00. The third kappa shape index (κ3) is 3.06. The third-order valence-electron chi connectivity index (χ3n) is 2.00. The summed E-state index contributed by atoms with van der Waals surface area (Å²) in [6, 6.07) is 1.68. The van der Waals surface area contributed by atoms with Crippen LogP contribution >= 0.6 is 0 Å². The van der Waals surface area contributed by atoms with E-state index in [1.165, 1.54) is 0 Å². The van der Waals surface area contributed by atoms with E-state index in [-0.39, 0.29) is 0 Å². The molecule has 0 aliphatic rings. The van der Waals surface area contributed by atoms with E-state index in [1.807, 2.05) is 6.08 Å². The molecule has 0 radical (unpaired) electrons. The Hall–Kier alpha value is -0.300. The molecule has 0 amide bonds. The normalized spacial score (nSPS) is 14.5. The second-order valence-corrected chi connectivity index (χ2v) is 3.61. The summed E-state index contributed by atoms with van der Waals surface area (Å²) in [5, 5.41) is 0. The summed E-state index contributed by atoms with van der Waals surface area (Å²) < 4.78 is 0. The lowest BCUT2D eigenvalue weighted by Gasteiger charge is -2.34. The monoisotopic (exact) mass is 155 g/mol. The molecule has 0 aliphatic heterocycles. The molecule has 0 N–H and O–H groups in total. The Bertz CT molecular complexity index is 108. The van der Waals surface area contributed by atoms with Crippen LogP contribution < -0.4 is 0 Å². The fourth-order valence-electron chi connectivity index (χ4n) is 1.66. The maximum atomic E-state index is 3.80. The van der Waals surface area contributed by atoms with E-state index < -0.39 is 0 Å². The highest BCUT2D eigenvalue weighted by Gasteiger charge is 2.16. The minimum atomic E-state index is 0.481. The van der Waals surface area contributed by atoms with Gasteiger partial charge in [0.05, 0.1) is 0 Å². The molecule has 0 aliphatic carbocycles. The zero-order valence-corrected chi connectivity index (χ0v) is 8.46. The van der Waals surface area contributed by atoms with E-state index in [4.69, 9.17) is 0 Å². The van der Waals surface area contributed by atoms with Crippen molar-refractivity contribution < 1.29 is 0 Å². The molecule has 1 atom stereocenters. The molecule has 0 saturated carbocycles. The molecule has 0 rings (SSSR count). The lowest BCUT2D eigenvalue weighted by molar-refractivity contribution is 0.148. The minimum absolute atomic E-state index is 0.481. The topological polar surface area (TPSA) is 3.24 Å². The van der Waals surface area contributed by atoms with Gasteiger partial charge in [-0.25, -0.2) is 0 Å². The Morgan fingerprint density at radius 1 is 1.00 bits per heavy atom. The van der Waals surface area contributed by atoms with Crippen LogP contribution in [-0.4, -0.2) is 23.0 Å². The van der Waals surface area contributed by atoms with Crippen LogP contribution in [0.1, 0.15) is 34.6 Å². The molecule has 0 aromatic heterocycles. The Morgan fingerprint density at radius 2 is 1.36 bits per heavy atom. The molecule has 0 spiro atoms. The number of hydrogen-bond acceptors (Lipinski definition) is 1. The van der Waals surface area contributed by atoms with E-state index in [9.17, 15) is 0 Å². The van der Waals surface area contributed by atoms with Gasteiger partial charge in [0, 0.05) is 18.1 Å². The predicted octanol–water partition coefficient (Wildman–Crippen LogP) is 2.68. The highest BCUT2D eigenvalue weighted by atomic mass is 15.2. The fraction of sp³-hybridized carbons (Fsp3) is 0.800. The summed E-state index contributed by atoms with van der Waals surface area (Å²) in [7, 11) is 0. The van der Waals surface area contributed by atoms with Crippen LogP contribution in [0.4, 0.5) is 0 Å². The van der Waals surface area contributed by atoms with Crippen LogP contribution in [0, 0.1) is 0 Å². The van der Waals surface area contributed by atoms with Gasteiger partial charge in [0.25, 0.3) is 0 Å². The molecule has 0 saturated heterocycles. The Balaban J connectivity index is 4.20. The summed E-state index contributed by atoms with van der Waals surface area (Å²) >= 11 is 0. The maximum absolute atomic E-state index is 3.80. The van der Waals surface area contributed by atoms with Crippen LogP contribution in [-0.2, 0) is 0 Å². The summed E-state index contributed by atoms with van der Waals surface area (Å²) in [5.74, 6) is 0. The second kappa shape index (κ2) is 4.55. The molecule has 1 heteroatoms. The summed E-state index contributed by atoms with van der Waals surface area (Å²) in [5.41, 5.74) is 0. The lowest BCUT2D eigenvalue weighted by Crippen LogP contribution is -2.42. The van der Waals surface area contributed by atoms with Crippen molar-refractivity contribution in [3.05, 3.63) is 12.7 Å². The fourth-order valence-corrected chi connectivity index (χ4v) is 1.66. The van der Waals surface area contributed by atoms with Gasteiger partial charge < -0.3 is 0 Å². The van der Waals surface area contributed by atoms with E-state index in [0.717, 1.165) is 0 Å². The van der Waals surface area contributed by atoms with E-state index in [0.29, 0.717) is 18.1 Å². The van der Waals surface area contributed by atoms with Crippen molar-refractivity contribution in [3.8, 4) is 0 Å². The molecule has 66 valence electrons. The molecule has 0 aromatic carbocycles. The molecule has 1 nitrogen and oxygen atoms in total. The summed E-state index contributed by atoms with van der Waals surface area (Å²) in [6.07, 6.45) is 2.00. The summed E-state index contributed by atoms with van der Waals surface area (Å²) in [4.78, 5) is 2.44. The van der Waals surface area contributed by atoms with Crippen LogP contribution in [0.15, 0.2) is 12.7 Å². The molecule has 0 fully saturated rings. The van der Waals surface area contributed by atoms with Gasteiger partial charge in [0.1, 0.15) is 0 Å². The second-order valence-electron chi connectivity index (χ2n) is 3.61. The maximum Gasteiger partial charge on any atom is 0.0252 e. The molecule has 11 heavy (non-hydrogen) atoms. The molecular weight excluding hydrogens is 134 g/mol. The molecular formula is C10H21N. The van der Waals surface area contributed by atoms with E-state index >= 15 is 0 Å². The first-order valence-corrected chi connectivity index (χ1v) is 4.40. The van der Waals surface area contributed by atoms with Crippen LogP contribution in [0.3, 0.4) is 0 Å². The smallest absolute Gasteiger partial charge is 0.0252 e. The van der Waals surface area contributed by atoms with Gasteiger partial charge in [-0.1, -0.05) is 6.08 Å². The van der Waals surface area contributed by atoms with Crippen molar-refractivity contribution in [2.24, 2.45) is 0 Å². The minimum Gasteiger partial charge on any atom is -0.292 e. The van der Waals surface area contributed by atoms with Gasteiger partial charge in [-0.2, -0.15) is 0 Å². The first-order chi connectivity index (χ1) is 5.00. The quantitative estimate of drug-likeness (QED) is 0.564. The largest absolute Gasteiger partial charge is 0.292 e. The van der Waals surface area contributed by atoms with Gasteiger partial charge in [-0.3, -0.25) is 4.90 Å². The van der Waals surface area contributed by atoms with Crippen LogP contribution in [0.25, 0.3) is 0 Å².